The van der Waals surface area contributed by atoms with Gasteiger partial charge in [-0.05, 0) is 24.6 Å². The summed E-state index contributed by atoms with van der Waals surface area (Å²) in [5, 5.41) is 8.92. The Morgan fingerprint density at radius 3 is 2.67 bits per heavy atom. The molecule has 0 amide bonds. The van der Waals surface area contributed by atoms with E-state index in [9.17, 15) is 22.0 Å². The Balaban J connectivity index is 2.20. The molecule has 1 unspecified atom stereocenters. The average molecular weight is 319 g/mol. The van der Waals surface area contributed by atoms with E-state index in [1.165, 1.54) is 4.90 Å². The quantitative estimate of drug-likeness (QED) is 0.878. The van der Waals surface area contributed by atoms with Gasteiger partial charge in [-0.2, -0.15) is 0 Å². The highest BCUT2D eigenvalue weighted by Crippen LogP contribution is 2.21. The van der Waals surface area contributed by atoms with Gasteiger partial charge in [-0.3, -0.25) is 9.69 Å². The van der Waals surface area contributed by atoms with Gasteiger partial charge >= 0.3 is 5.97 Å². The lowest BCUT2D eigenvalue weighted by molar-refractivity contribution is -0.139. The molecule has 1 fully saturated rings. The Morgan fingerprint density at radius 1 is 1.38 bits per heavy atom. The molecule has 1 saturated heterocycles. The fourth-order valence-electron chi connectivity index (χ4n) is 2.43. The first kappa shape index (κ1) is 15.8. The molecule has 0 saturated carbocycles. The second-order valence-corrected chi connectivity index (χ2v) is 7.32. The van der Waals surface area contributed by atoms with Crippen molar-refractivity contribution >= 4 is 15.8 Å². The Hall–Kier alpha value is -1.54. The third-order valence-corrected chi connectivity index (χ3v) is 5.19. The maximum atomic E-state index is 13.6. The molecule has 116 valence electrons. The molecule has 1 atom stereocenters. The van der Waals surface area contributed by atoms with Crippen molar-refractivity contribution in [3.8, 4) is 0 Å². The summed E-state index contributed by atoms with van der Waals surface area (Å²) in [6.45, 7) is -0.563. The fraction of sp³-hybridized carbons (Fsp3) is 0.462. The first-order valence-corrected chi connectivity index (χ1v) is 8.19. The molecule has 0 spiro atoms. The summed E-state index contributed by atoms with van der Waals surface area (Å²) >= 11 is 0. The minimum Gasteiger partial charge on any atom is -0.480 e. The smallest absolute Gasteiger partial charge is 0.317 e. The van der Waals surface area contributed by atoms with Gasteiger partial charge in [0.05, 0.1) is 18.1 Å². The largest absolute Gasteiger partial charge is 0.480 e. The van der Waals surface area contributed by atoms with Crippen LogP contribution >= 0.6 is 0 Å². The van der Waals surface area contributed by atoms with Crippen molar-refractivity contribution < 1.29 is 27.1 Å². The molecule has 0 bridgehead atoms. The Labute approximate surface area is 121 Å². The summed E-state index contributed by atoms with van der Waals surface area (Å²) in [7, 11) is -3.19. The summed E-state index contributed by atoms with van der Waals surface area (Å²) in [6.07, 6.45) is 0.298. The van der Waals surface area contributed by atoms with Gasteiger partial charge in [-0.15, -0.1) is 0 Å². The SMILES string of the molecule is O=C(O)CN(Cc1cc(F)ccc1F)C1CCS(=O)(=O)C1. The molecule has 1 aliphatic heterocycles. The third-order valence-electron chi connectivity index (χ3n) is 3.44. The number of carbonyl (C=O) groups is 1. The topological polar surface area (TPSA) is 74.7 Å². The van der Waals surface area contributed by atoms with Crippen LogP contribution in [0.3, 0.4) is 0 Å². The number of benzene rings is 1. The lowest BCUT2D eigenvalue weighted by atomic mass is 10.1. The monoisotopic (exact) mass is 319 g/mol. The van der Waals surface area contributed by atoms with Crippen LogP contribution < -0.4 is 0 Å². The number of hydrogen-bond acceptors (Lipinski definition) is 4. The molecule has 8 heteroatoms. The third kappa shape index (κ3) is 4.21. The van der Waals surface area contributed by atoms with Crippen LogP contribution in [0.15, 0.2) is 18.2 Å². The van der Waals surface area contributed by atoms with Crippen molar-refractivity contribution in [3.05, 3.63) is 35.4 Å². The Morgan fingerprint density at radius 2 is 2.10 bits per heavy atom. The summed E-state index contributed by atoms with van der Waals surface area (Å²) < 4.78 is 49.8. The summed E-state index contributed by atoms with van der Waals surface area (Å²) in [6, 6.07) is 2.44. The number of sulfone groups is 1. The molecule has 1 heterocycles. The molecule has 2 rings (SSSR count). The van der Waals surface area contributed by atoms with E-state index in [0.29, 0.717) is 6.42 Å². The normalized spacial score (nSPS) is 20.8. The molecular weight excluding hydrogens is 304 g/mol. The molecular formula is C13H15F2NO4S. The molecule has 21 heavy (non-hydrogen) atoms. The second kappa shape index (κ2) is 6.07. The first-order chi connectivity index (χ1) is 9.77. The van der Waals surface area contributed by atoms with Gasteiger partial charge in [0.25, 0.3) is 0 Å². The lowest BCUT2D eigenvalue weighted by Crippen LogP contribution is -2.39. The fourth-order valence-corrected chi connectivity index (χ4v) is 4.20. The number of carboxylic acid groups (broad SMARTS) is 1. The van der Waals surface area contributed by atoms with Crippen LogP contribution in [0.2, 0.25) is 0 Å². The second-order valence-electron chi connectivity index (χ2n) is 5.09. The number of hydrogen-bond donors (Lipinski definition) is 1. The maximum Gasteiger partial charge on any atom is 0.317 e. The minimum absolute atomic E-state index is 0.0144. The van der Waals surface area contributed by atoms with Crippen LogP contribution in [0, 0.1) is 11.6 Å². The van der Waals surface area contributed by atoms with Crippen LogP contribution in [-0.4, -0.2) is 48.5 Å². The predicted octanol–water partition coefficient (Wildman–Crippen LogP) is 1.04. The van der Waals surface area contributed by atoms with E-state index in [1.54, 1.807) is 0 Å². The van der Waals surface area contributed by atoms with Gasteiger partial charge in [0.2, 0.25) is 0 Å². The van der Waals surface area contributed by atoms with Crippen LogP contribution in [0.25, 0.3) is 0 Å². The van der Waals surface area contributed by atoms with Gasteiger partial charge in [-0.25, -0.2) is 17.2 Å². The lowest BCUT2D eigenvalue weighted by Gasteiger charge is -2.26. The molecule has 1 aromatic carbocycles. The van der Waals surface area contributed by atoms with Crippen LogP contribution in [0.5, 0.6) is 0 Å². The highest BCUT2D eigenvalue weighted by Gasteiger charge is 2.33. The zero-order valence-electron chi connectivity index (χ0n) is 11.1. The van der Waals surface area contributed by atoms with E-state index in [2.05, 4.69) is 0 Å². The van der Waals surface area contributed by atoms with Gasteiger partial charge in [0.1, 0.15) is 11.6 Å². The average Bonchev–Trinajstić information content (AvgIpc) is 2.73. The van der Waals surface area contributed by atoms with E-state index >= 15 is 0 Å². The van der Waals surface area contributed by atoms with Crippen molar-refractivity contribution in [3.63, 3.8) is 0 Å². The maximum absolute atomic E-state index is 13.6. The molecule has 1 aliphatic rings. The van der Waals surface area contributed by atoms with Crippen LogP contribution in [-0.2, 0) is 21.2 Å². The molecule has 5 nitrogen and oxygen atoms in total. The van der Waals surface area contributed by atoms with Crippen molar-refractivity contribution in [1.82, 2.24) is 4.90 Å². The molecule has 1 N–H and O–H groups in total. The van der Waals surface area contributed by atoms with E-state index in [4.69, 9.17) is 5.11 Å². The first-order valence-electron chi connectivity index (χ1n) is 6.37. The van der Waals surface area contributed by atoms with E-state index in [0.717, 1.165) is 18.2 Å². The summed E-state index contributed by atoms with van der Waals surface area (Å²) in [5.74, 6) is -2.58. The standard InChI is InChI=1S/C13H15F2NO4S/c14-10-1-2-12(15)9(5-10)6-16(7-13(17)18)11-3-4-21(19,20)8-11/h1-2,5,11H,3-4,6-8H2,(H,17,18). The molecule has 0 radical (unpaired) electrons. The summed E-state index contributed by atoms with van der Waals surface area (Å²) in [4.78, 5) is 12.3. The summed E-state index contributed by atoms with van der Waals surface area (Å²) in [5.41, 5.74) is 0.0144. The van der Waals surface area contributed by atoms with Crippen LogP contribution in [0.1, 0.15) is 12.0 Å². The zero-order valence-corrected chi connectivity index (χ0v) is 11.9. The van der Waals surface area contributed by atoms with Crippen LogP contribution in [0.4, 0.5) is 8.78 Å². The van der Waals surface area contributed by atoms with E-state index < -0.39 is 40.0 Å². The van der Waals surface area contributed by atoms with Crippen molar-refractivity contribution in [2.45, 2.75) is 19.0 Å². The molecule has 0 aromatic heterocycles. The number of nitrogens with zero attached hydrogens (tertiary/aromatic N) is 1. The van der Waals surface area contributed by atoms with Gasteiger partial charge in [0.15, 0.2) is 9.84 Å². The van der Waals surface area contributed by atoms with Crippen molar-refractivity contribution in [2.24, 2.45) is 0 Å². The Bertz CT molecular complexity index is 648. The number of carboxylic acids is 1. The Kier molecular flexibility index (Phi) is 4.58. The molecule has 1 aromatic rings. The predicted molar refractivity (Wildman–Crippen MR) is 71.5 cm³/mol. The van der Waals surface area contributed by atoms with Gasteiger partial charge in [-0.1, -0.05) is 0 Å². The van der Waals surface area contributed by atoms with Gasteiger partial charge < -0.3 is 5.11 Å². The zero-order chi connectivity index (χ0) is 15.6. The van der Waals surface area contributed by atoms with Crippen molar-refractivity contribution in [2.75, 3.05) is 18.1 Å². The molecule has 0 aliphatic carbocycles. The van der Waals surface area contributed by atoms with Gasteiger partial charge in [0, 0.05) is 18.2 Å². The number of halogens is 2. The van der Waals surface area contributed by atoms with E-state index in [1.807, 2.05) is 0 Å². The highest BCUT2D eigenvalue weighted by atomic mass is 32.2. The van der Waals surface area contributed by atoms with Crippen molar-refractivity contribution in [1.29, 1.82) is 0 Å². The van der Waals surface area contributed by atoms with E-state index in [-0.39, 0.29) is 23.6 Å². The highest BCUT2D eigenvalue weighted by molar-refractivity contribution is 7.91. The number of rotatable bonds is 5. The number of aliphatic carboxylic acids is 1. The minimum atomic E-state index is -3.19.